The van der Waals surface area contributed by atoms with Gasteiger partial charge in [-0.1, -0.05) is 18.2 Å². The molecule has 1 heterocycles. The lowest BCUT2D eigenvalue weighted by atomic mass is 9.99. The average molecular weight is 514 g/mol. The van der Waals surface area contributed by atoms with Gasteiger partial charge in [0.2, 0.25) is 0 Å². The third kappa shape index (κ3) is 5.73. The Morgan fingerprint density at radius 3 is 2.58 bits per heavy atom. The molecule has 1 fully saturated rings. The zero-order valence-electron chi connectivity index (χ0n) is 20.9. The summed E-state index contributed by atoms with van der Waals surface area (Å²) in [5.74, 6) is -0.590. The van der Waals surface area contributed by atoms with Crippen molar-refractivity contribution in [2.75, 3.05) is 10.6 Å². The van der Waals surface area contributed by atoms with E-state index in [4.69, 9.17) is 5.73 Å². The first-order valence-corrected chi connectivity index (χ1v) is 12.4. The summed E-state index contributed by atoms with van der Waals surface area (Å²) in [6.07, 6.45) is 2.03. The van der Waals surface area contributed by atoms with Gasteiger partial charge in [-0.05, 0) is 77.6 Å². The Kier molecular flexibility index (Phi) is 6.93. The van der Waals surface area contributed by atoms with Gasteiger partial charge in [0, 0.05) is 42.5 Å². The number of hydrogen-bond acceptors (Lipinski definition) is 5. The summed E-state index contributed by atoms with van der Waals surface area (Å²) in [4.78, 5) is 24.7. The van der Waals surface area contributed by atoms with Gasteiger partial charge >= 0.3 is 5.97 Å². The van der Waals surface area contributed by atoms with Gasteiger partial charge in [0.1, 0.15) is 11.6 Å². The molecule has 4 aromatic rings. The fourth-order valence-corrected chi connectivity index (χ4v) is 4.42. The third-order valence-electron chi connectivity index (χ3n) is 6.50. The number of carboxylic acids is 1. The van der Waals surface area contributed by atoms with E-state index in [2.05, 4.69) is 15.7 Å². The number of aliphatic carboxylic acids is 1. The molecule has 5 rings (SSSR count). The van der Waals surface area contributed by atoms with E-state index in [0.29, 0.717) is 45.1 Å². The summed E-state index contributed by atoms with van der Waals surface area (Å²) in [6.45, 7) is 0.176. The Hall–Kier alpha value is -4.50. The maximum absolute atomic E-state index is 14.4. The molecular weight excluding hydrogens is 485 g/mol. The summed E-state index contributed by atoms with van der Waals surface area (Å²) in [5, 5.41) is 20.0. The van der Waals surface area contributed by atoms with Crippen LogP contribution < -0.4 is 16.4 Å². The van der Waals surface area contributed by atoms with Gasteiger partial charge in [-0.2, -0.15) is 5.10 Å². The number of anilines is 3. The second-order valence-corrected chi connectivity index (χ2v) is 9.51. The molecule has 38 heavy (non-hydrogen) atoms. The van der Waals surface area contributed by atoms with E-state index in [9.17, 15) is 19.1 Å². The van der Waals surface area contributed by atoms with Crippen LogP contribution >= 0.6 is 0 Å². The fraction of sp³-hybridized carbons (Fsp3) is 0.207. The monoisotopic (exact) mass is 513 g/mol. The van der Waals surface area contributed by atoms with Gasteiger partial charge in [-0.3, -0.25) is 14.3 Å². The molecule has 1 saturated carbocycles. The molecule has 5 N–H and O–H groups in total. The number of aryl methyl sites for hydroxylation is 1. The number of amides is 1. The minimum Gasteiger partial charge on any atom is -0.481 e. The SMILES string of the molecule is Cn1nc(C2CC2)cc1Nc1cc(C(=O)Nc2ccccc2CC(=O)O)cc(-c2cc(F)cc(CN)c2)c1. The van der Waals surface area contributed by atoms with Crippen molar-refractivity contribution in [3.63, 3.8) is 0 Å². The Bertz CT molecular complexity index is 1530. The van der Waals surface area contributed by atoms with Gasteiger partial charge in [-0.15, -0.1) is 0 Å². The van der Waals surface area contributed by atoms with Crippen LogP contribution in [0.1, 0.15) is 45.9 Å². The van der Waals surface area contributed by atoms with E-state index in [1.54, 1.807) is 47.1 Å². The van der Waals surface area contributed by atoms with E-state index in [0.717, 1.165) is 24.4 Å². The highest BCUT2D eigenvalue weighted by atomic mass is 19.1. The minimum absolute atomic E-state index is 0.176. The number of nitrogens with one attached hydrogen (secondary N) is 2. The second kappa shape index (κ2) is 10.5. The van der Waals surface area contributed by atoms with E-state index in [1.165, 1.54) is 12.1 Å². The number of halogens is 1. The highest BCUT2D eigenvalue weighted by molar-refractivity contribution is 6.06. The van der Waals surface area contributed by atoms with E-state index in [-0.39, 0.29) is 13.0 Å². The molecule has 9 heteroatoms. The maximum Gasteiger partial charge on any atom is 0.307 e. The van der Waals surface area contributed by atoms with Crippen LogP contribution in [-0.2, 0) is 24.8 Å². The van der Waals surface area contributed by atoms with Crippen LogP contribution in [0.3, 0.4) is 0 Å². The standard InChI is InChI=1S/C29H28FN5O3/c1-35-27(15-26(34-35)18-6-7-18)32-24-12-21(20-8-17(16-31)9-23(30)11-20)10-22(13-24)29(38)33-25-5-3-2-4-19(25)14-28(36)37/h2-5,8-13,15,18,32H,6-7,14,16,31H2,1H3,(H,33,38)(H,36,37). The van der Waals surface area contributed by atoms with E-state index < -0.39 is 17.7 Å². The topological polar surface area (TPSA) is 122 Å². The molecule has 1 aliphatic carbocycles. The van der Waals surface area contributed by atoms with Crippen molar-refractivity contribution >= 4 is 29.1 Å². The molecule has 1 amide bonds. The van der Waals surface area contributed by atoms with Crippen molar-refractivity contribution in [2.45, 2.75) is 31.7 Å². The molecule has 1 aromatic heterocycles. The number of nitrogens with two attached hydrogens (primary N) is 1. The quantitative estimate of drug-likeness (QED) is 0.244. The van der Waals surface area contributed by atoms with E-state index >= 15 is 0 Å². The molecule has 1 aliphatic rings. The van der Waals surface area contributed by atoms with Gasteiger partial charge in [-0.25, -0.2) is 4.39 Å². The number of benzene rings is 3. The highest BCUT2D eigenvalue weighted by Crippen LogP contribution is 2.40. The van der Waals surface area contributed by atoms with Crippen LogP contribution in [-0.4, -0.2) is 26.8 Å². The van der Waals surface area contributed by atoms with Crippen LogP contribution in [0.2, 0.25) is 0 Å². The molecule has 0 aliphatic heterocycles. The lowest BCUT2D eigenvalue weighted by molar-refractivity contribution is -0.136. The summed E-state index contributed by atoms with van der Waals surface area (Å²) in [5.41, 5.74) is 10.5. The lowest BCUT2D eigenvalue weighted by Gasteiger charge is -2.14. The second-order valence-electron chi connectivity index (χ2n) is 9.51. The molecule has 0 spiro atoms. The van der Waals surface area contributed by atoms with Crippen molar-refractivity contribution in [1.82, 2.24) is 9.78 Å². The molecule has 0 saturated heterocycles. The largest absolute Gasteiger partial charge is 0.481 e. The zero-order chi connectivity index (χ0) is 26.8. The third-order valence-corrected chi connectivity index (χ3v) is 6.50. The molecule has 0 bridgehead atoms. The summed E-state index contributed by atoms with van der Waals surface area (Å²) >= 11 is 0. The predicted octanol–water partition coefficient (Wildman–Crippen LogP) is 5.19. The number of hydrogen-bond donors (Lipinski definition) is 4. The minimum atomic E-state index is -0.997. The summed E-state index contributed by atoms with van der Waals surface area (Å²) < 4.78 is 16.1. The molecular formula is C29H28FN5O3. The van der Waals surface area contributed by atoms with Gasteiger partial charge in [0.15, 0.2) is 0 Å². The van der Waals surface area contributed by atoms with Crippen LogP contribution in [0.5, 0.6) is 0 Å². The molecule has 0 radical (unpaired) electrons. The lowest BCUT2D eigenvalue weighted by Crippen LogP contribution is -2.15. The van der Waals surface area contributed by atoms with Crippen molar-refractivity contribution < 1.29 is 19.1 Å². The smallest absolute Gasteiger partial charge is 0.307 e. The van der Waals surface area contributed by atoms with E-state index in [1.807, 2.05) is 19.2 Å². The molecule has 0 atom stereocenters. The van der Waals surface area contributed by atoms with Crippen LogP contribution in [0.4, 0.5) is 21.6 Å². The summed E-state index contributed by atoms with van der Waals surface area (Å²) in [7, 11) is 1.85. The molecule has 8 nitrogen and oxygen atoms in total. The van der Waals surface area contributed by atoms with Crippen molar-refractivity contribution in [3.05, 3.63) is 94.9 Å². The van der Waals surface area contributed by atoms with Gasteiger partial charge < -0.3 is 21.5 Å². The van der Waals surface area contributed by atoms with Crippen LogP contribution in [0.25, 0.3) is 11.1 Å². The first-order valence-electron chi connectivity index (χ1n) is 12.4. The Labute approximate surface area is 219 Å². The average Bonchev–Trinajstić information content (AvgIpc) is 3.68. The normalized spacial score (nSPS) is 12.8. The number of para-hydroxylation sites is 1. The van der Waals surface area contributed by atoms with Crippen molar-refractivity contribution in [1.29, 1.82) is 0 Å². The number of nitrogens with zero attached hydrogens (tertiary/aromatic N) is 2. The number of rotatable bonds is 9. The van der Waals surface area contributed by atoms with Crippen LogP contribution in [0.15, 0.2) is 66.7 Å². The molecule has 3 aromatic carbocycles. The Balaban J connectivity index is 1.53. The van der Waals surface area contributed by atoms with Crippen molar-refractivity contribution in [2.24, 2.45) is 12.8 Å². The number of aromatic nitrogens is 2. The van der Waals surface area contributed by atoms with Gasteiger partial charge in [0.25, 0.3) is 5.91 Å². The summed E-state index contributed by atoms with van der Waals surface area (Å²) in [6, 6.07) is 18.6. The first kappa shape index (κ1) is 25.2. The number of carboxylic acid groups (broad SMARTS) is 1. The first-order chi connectivity index (χ1) is 18.3. The van der Waals surface area contributed by atoms with Gasteiger partial charge in [0.05, 0.1) is 12.1 Å². The predicted molar refractivity (Wildman–Crippen MR) is 144 cm³/mol. The fourth-order valence-electron chi connectivity index (χ4n) is 4.42. The zero-order valence-corrected chi connectivity index (χ0v) is 20.9. The molecule has 194 valence electrons. The Morgan fingerprint density at radius 1 is 1.08 bits per heavy atom. The molecule has 0 unspecified atom stereocenters. The highest BCUT2D eigenvalue weighted by Gasteiger charge is 2.27. The number of carbonyl (C=O) groups is 2. The Morgan fingerprint density at radius 2 is 1.84 bits per heavy atom. The van der Waals surface area contributed by atoms with Crippen LogP contribution in [0, 0.1) is 5.82 Å². The van der Waals surface area contributed by atoms with Crippen molar-refractivity contribution in [3.8, 4) is 11.1 Å². The number of carbonyl (C=O) groups excluding carboxylic acids is 1. The maximum atomic E-state index is 14.4.